The van der Waals surface area contributed by atoms with E-state index in [0.29, 0.717) is 28.9 Å². The number of likely N-dealkylation sites (tertiary alicyclic amines) is 1. The minimum atomic E-state index is 0.239. The van der Waals surface area contributed by atoms with Crippen molar-refractivity contribution >= 4 is 35.1 Å². The van der Waals surface area contributed by atoms with Crippen LogP contribution in [0.3, 0.4) is 0 Å². The van der Waals surface area contributed by atoms with Crippen molar-refractivity contribution in [3.05, 3.63) is 28.8 Å². The summed E-state index contributed by atoms with van der Waals surface area (Å²) in [6.45, 7) is 8.41. The number of nitrogens with two attached hydrogens (primary N) is 1. The molecule has 32 heavy (non-hydrogen) atoms. The zero-order chi connectivity index (χ0) is 22.5. The number of anilines is 4. The summed E-state index contributed by atoms with van der Waals surface area (Å²) in [5.41, 5.74) is 8.00. The Hall–Kier alpha value is -2.12. The van der Waals surface area contributed by atoms with Gasteiger partial charge in [0.25, 0.3) is 0 Å². The van der Waals surface area contributed by atoms with E-state index in [0.717, 1.165) is 30.9 Å². The first-order valence-electron chi connectivity index (χ1n) is 12.1. The van der Waals surface area contributed by atoms with Gasteiger partial charge in [0, 0.05) is 29.8 Å². The molecule has 7 nitrogen and oxygen atoms in total. The Morgan fingerprint density at radius 3 is 2.66 bits per heavy atom. The number of halogens is 1. The lowest BCUT2D eigenvalue weighted by Crippen LogP contribution is -2.43. The van der Waals surface area contributed by atoms with Crippen molar-refractivity contribution in [1.29, 1.82) is 0 Å². The number of benzene rings is 1. The van der Waals surface area contributed by atoms with E-state index in [9.17, 15) is 0 Å². The summed E-state index contributed by atoms with van der Waals surface area (Å²) >= 11 is 6.29. The van der Waals surface area contributed by atoms with Crippen molar-refractivity contribution in [3.8, 4) is 0 Å². The molecule has 0 bridgehead atoms. The molecular formula is C24H36ClN7. The number of aryl methyl sites for hydroxylation is 1. The molecule has 1 unspecified atom stereocenters. The van der Waals surface area contributed by atoms with Gasteiger partial charge in [-0.3, -0.25) is 4.90 Å². The van der Waals surface area contributed by atoms with E-state index in [4.69, 9.17) is 22.3 Å². The van der Waals surface area contributed by atoms with E-state index < -0.39 is 0 Å². The molecular weight excluding hydrogens is 422 g/mol. The summed E-state index contributed by atoms with van der Waals surface area (Å²) in [6, 6.07) is 6.37. The predicted molar refractivity (Wildman–Crippen MR) is 133 cm³/mol. The molecule has 0 spiro atoms. The lowest BCUT2D eigenvalue weighted by Gasteiger charge is -2.34. The minimum absolute atomic E-state index is 0.239. The molecule has 2 fully saturated rings. The molecule has 1 aromatic heterocycles. The molecule has 4 rings (SSSR count). The molecule has 1 aliphatic carbocycles. The van der Waals surface area contributed by atoms with Crippen LogP contribution in [-0.2, 0) is 0 Å². The first kappa shape index (κ1) is 23.1. The number of likely N-dealkylation sites (N-methyl/N-ethyl adjacent to an activating group) is 1. The number of rotatable bonds is 8. The van der Waals surface area contributed by atoms with Crippen molar-refractivity contribution in [1.82, 2.24) is 19.9 Å². The Morgan fingerprint density at radius 1 is 1.09 bits per heavy atom. The van der Waals surface area contributed by atoms with Gasteiger partial charge in [-0.05, 0) is 69.3 Å². The molecule has 1 saturated heterocycles. The number of hydrogen-bond acceptors (Lipinski definition) is 7. The van der Waals surface area contributed by atoms with E-state index in [2.05, 4.69) is 32.0 Å². The summed E-state index contributed by atoms with van der Waals surface area (Å²) < 4.78 is 0. The molecule has 1 atom stereocenters. The molecule has 1 saturated carbocycles. The van der Waals surface area contributed by atoms with Gasteiger partial charge < -0.3 is 16.0 Å². The smallest absolute Gasteiger partial charge is 0.233 e. The fourth-order valence-electron chi connectivity index (χ4n) is 5.07. The second-order valence-electron chi connectivity index (χ2n) is 9.24. The molecule has 0 amide bonds. The lowest BCUT2D eigenvalue weighted by atomic mass is 9.89. The van der Waals surface area contributed by atoms with Crippen LogP contribution in [-0.4, -0.2) is 52.1 Å². The third-order valence-corrected chi connectivity index (χ3v) is 7.30. The number of hydrogen-bond donors (Lipinski definition) is 2. The van der Waals surface area contributed by atoms with Gasteiger partial charge in [0.15, 0.2) is 0 Å². The standard InChI is InChI=1S/C24H36ClN7/c1-3-31-13-7-10-20(31)16-32(15-18-8-5-4-6-9-18)24-29-22(26)28-23(30-24)27-19-12-11-17(2)21(25)14-19/h11-12,14,18,20H,3-10,13,15-16H2,1-2H3,(H3,26,27,28,29,30). The first-order valence-corrected chi connectivity index (χ1v) is 12.4. The fraction of sp³-hybridized carbons (Fsp3) is 0.625. The van der Waals surface area contributed by atoms with Crippen LogP contribution in [0.5, 0.6) is 0 Å². The number of aromatic nitrogens is 3. The van der Waals surface area contributed by atoms with E-state index in [1.165, 1.54) is 51.5 Å². The van der Waals surface area contributed by atoms with E-state index in [1.54, 1.807) is 0 Å². The first-order chi connectivity index (χ1) is 15.5. The maximum absolute atomic E-state index is 6.29. The van der Waals surface area contributed by atoms with Crippen molar-refractivity contribution in [2.45, 2.75) is 64.8 Å². The number of nitrogens with one attached hydrogen (secondary N) is 1. The number of nitrogens with zero attached hydrogens (tertiary/aromatic N) is 5. The molecule has 174 valence electrons. The van der Waals surface area contributed by atoms with Gasteiger partial charge in [-0.25, -0.2) is 0 Å². The third kappa shape index (κ3) is 5.81. The van der Waals surface area contributed by atoms with Crippen LogP contribution in [0.1, 0.15) is 57.4 Å². The van der Waals surface area contributed by atoms with Crippen LogP contribution in [0, 0.1) is 12.8 Å². The van der Waals surface area contributed by atoms with Gasteiger partial charge >= 0.3 is 0 Å². The Balaban J connectivity index is 1.57. The second kappa shape index (κ2) is 10.7. The van der Waals surface area contributed by atoms with Gasteiger partial charge in [0.2, 0.25) is 17.8 Å². The molecule has 1 aromatic carbocycles. The highest BCUT2D eigenvalue weighted by Crippen LogP contribution is 2.28. The summed E-state index contributed by atoms with van der Waals surface area (Å²) in [7, 11) is 0. The Bertz CT molecular complexity index is 900. The van der Waals surface area contributed by atoms with Crippen LogP contribution in [0.15, 0.2) is 18.2 Å². The largest absolute Gasteiger partial charge is 0.368 e. The third-order valence-electron chi connectivity index (χ3n) is 6.89. The van der Waals surface area contributed by atoms with Gasteiger partial charge in [-0.15, -0.1) is 0 Å². The Kier molecular flexibility index (Phi) is 7.68. The van der Waals surface area contributed by atoms with Crippen LogP contribution in [0.25, 0.3) is 0 Å². The van der Waals surface area contributed by atoms with Gasteiger partial charge in [-0.2, -0.15) is 15.0 Å². The molecule has 2 aromatic rings. The van der Waals surface area contributed by atoms with Crippen molar-refractivity contribution < 1.29 is 0 Å². The lowest BCUT2D eigenvalue weighted by molar-refractivity contribution is 0.262. The highest BCUT2D eigenvalue weighted by Gasteiger charge is 2.28. The average molecular weight is 458 g/mol. The second-order valence-corrected chi connectivity index (χ2v) is 9.65. The summed E-state index contributed by atoms with van der Waals surface area (Å²) in [5, 5.41) is 3.97. The molecule has 8 heteroatoms. The molecule has 0 radical (unpaired) electrons. The summed E-state index contributed by atoms with van der Waals surface area (Å²) in [5.74, 6) is 2.06. The normalized spacial score (nSPS) is 19.9. The van der Waals surface area contributed by atoms with E-state index >= 15 is 0 Å². The van der Waals surface area contributed by atoms with Crippen LogP contribution in [0.2, 0.25) is 5.02 Å². The zero-order valence-electron chi connectivity index (χ0n) is 19.4. The Morgan fingerprint density at radius 2 is 1.91 bits per heavy atom. The van der Waals surface area contributed by atoms with Crippen LogP contribution >= 0.6 is 11.6 Å². The van der Waals surface area contributed by atoms with Crippen molar-refractivity contribution in [2.24, 2.45) is 5.92 Å². The monoisotopic (exact) mass is 457 g/mol. The van der Waals surface area contributed by atoms with E-state index in [1.807, 2.05) is 25.1 Å². The average Bonchev–Trinajstić information content (AvgIpc) is 3.23. The number of nitrogen functional groups attached to an aromatic ring is 1. The SMILES string of the molecule is CCN1CCCC1CN(CC1CCCCC1)c1nc(N)nc(Nc2ccc(C)c(Cl)c2)n1. The summed E-state index contributed by atoms with van der Waals surface area (Å²) in [6.07, 6.45) is 9.05. The molecule has 2 aliphatic rings. The Labute approximate surface area is 196 Å². The molecule has 2 heterocycles. The van der Waals surface area contributed by atoms with Gasteiger partial charge in [-0.1, -0.05) is 43.9 Å². The van der Waals surface area contributed by atoms with Gasteiger partial charge in [0.05, 0.1) is 0 Å². The van der Waals surface area contributed by atoms with Crippen LogP contribution in [0.4, 0.5) is 23.5 Å². The molecule has 3 N–H and O–H groups in total. The minimum Gasteiger partial charge on any atom is -0.368 e. The zero-order valence-corrected chi connectivity index (χ0v) is 20.1. The van der Waals surface area contributed by atoms with E-state index in [-0.39, 0.29) is 5.95 Å². The topological polar surface area (TPSA) is 83.2 Å². The van der Waals surface area contributed by atoms with Crippen LogP contribution < -0.4 is 16.0 Å². The quantitative estimate of drug-likeness (QED) is 0.575. The predicted octanol–water partition coefficient (Wildman–Crippen LogP) is 5.03. The maximum atomic E-state index is 6.29. The van der Waals surface area contributed by atoms with Gasteiger partial charge in [0.1, 0.15) is 0 Å². The highest BCUT2D eigenvalue weighted by molar-refractivity contribution is 6.31. The molecule has 1 aliphatic heterocycles. The highest BCUT2D eigenvalue weighted by atomic mass is 35.5. The maximum Gasteiger partial charge on any atom is 0.233 e. The summed E-state index contributed by atoms with van der Waals surface area (Å²) in [4.78, 5) is 18.6. The fourth-order valence-corrected chi connectivity index (χ4v) is 5.25. The van der Waals surface area contributed by atoms with Crippen molar-refractivity contribution in [3.63, 3.8) is 0 Å². The van der Waals surface area contributed by atoms with Crippen molar-refractivity contribution in [2.75, 3.05) is 42.1 Å².